The van der Waals surface area contributed by atoms with Crippen LogP contribution >= 0.6 is 11.3 Å². The van der Waals surface area contributed by atoms with Crippen LogP contribution in [-0.4, -0.2) is 63.5 Å². The van der Waals surface area contributed by atoms with Crippen molar-refractivity contribution >= 4 is 29.0 Å². The van der Waals surface area contributed by atoms with Crippen molar-refractivity contribution in [1.29, 1.82) is 0 Å². The lowest BCUT2D eigenvalue weighted by Crippen LogP contribution is -2.36. The lowest BCUT2D eigenvalue weighted by molar-refractivity contribution is 0.0594. The van der Waals surface area contributed by atoms with E-state index in [9.17, 15) is 9.59 Å². The van der Waals surface area contributed by atoms with Crippen molar-refractivity contribution in [2.75, 3.05) is 46.9 Å². The Balaban J connectivity index is 2.14. The molecule has 9 nitrogen and oxygen atoms in total. The van der Waals surface area contributed by atoms with E-state index in [0.717, 1.165) is 0 Å². The van der Waals surface area contributed by atoms with Crippen LogP contribution in [0.1, 0.15) is 15.5 Å². The first-order valence-electron chi connectivity index (χ1n) is 8.31. The Morgan fingerprint density at radius 1 is 1.11 bits per heavy atom. The van der Waals surface area contributed by atoms with Gasteiger partial charge in [-0.2, -0.15) is 0 Å². The number of aromatic nitrogens is 1. The van der Waals surface area contributed by atoms with Gasteiger partial charge in [0.1, 0.15) is 16.5 Å². The third-order valence-electron chi connectivity index (χ3n) is 3.73. The van der Waals surface area contributed by atoms with Crippen molar-refractivity contribution in [3.8, 4) is 11.5 Å². The number of benzene rings is 1. The third-order valence-corrected chi connectivity index (χ3v) is 4.56. The first-order valence-corrected chi connectivity index (χ1v) is 9.19. The van der Waals surface area contributed by atoms with Crippen LogP contribution in [0.3, 0.4) is 0 Å². The highest BCUT2D eigenvalue weighted by Gasteiger charge is 2.18. The summed E-state index contributed by atoms with van der Waals surface area (Å²) >= 11 is 1.28. The SMILES string of the molecule is COCCN(Cc1nc(C(=O)OC)cs1)C(=O)Nc1cc(OC)cc(OC)c1. The summed E-state index contributed by atoms with van der Waals surface area (Å²) < 4.78 is 20.2. The number of rotatable bonds is 9. The number of nitrogens with zero attached hydrogens (tertiary/aromatic N) is 2. The minimum absolute atomic E-state index is 0.215. The summed E-state index contributed by atoms with van der Waals surface area (Å²) in [6.07, 6.45) is 0. The van der Waals surface area contributed by atoms with E-state index in [4.69, 9.17) is 14.2 Å². The smallest absolute Gasteiger partial charge is 0.357 e. The molecule has 10 heteroatoms. The molecule has 0 radical (unpaired) electrons. The van der Waals surface area contributed by atoms with E-state index in [-0.39, 0.29) is 18.3 Å². The maximum atomic E-state index is 12.8. The molecule has 28 heavy (non-hydrogen) atoms. The molecular weight excluding hydrogens is 386 g/mol. The van der Waals surface area contributed by atoms with Crippen molar-refractivity contribution in [3.05, 3.63) is 34.3 Å². The monoisotopic (exact) mass is 409 g/mol. The Bertz CT molecular complexity index is 788. The highest BCUT2D eigenvalue weighted by atomic mass is 32.1. The Morgan fingerprint density at radius 2 is 1.79 bits per heavy atom. The van der Waals surface area contributed by atoms with Gasteiger partial charge in [-0.05, 0) is 0 Å². The molecule has 0 aliphatic heterocycles. The maximum absolute atomic E-state index is 12.8. The van der Waals surface area contributed by atoms with E-state index in [0.29, 0.717) is 35.3 Å². The molecule has 0 bridgehead atoms. The van der Waals surface area contributed by atoms with E-state index < -0.39 is 5.97 Å². The molecule has 152 valence electrons. The van der Waals surface area contributed by atoms with Crippen LogP contribution in [0.5, 0.6) is 11.5 Å². The number of urea groups is 1. The molecule has 0 aliphatic carbocycles. The minimum atomic E-state index is -0.515. The van der Waals surface area contributed by atoms with E-state index >= 15 is 0 Å². The second kappa shape index (κ2) is 10.5. The molecule has 0 atom stereocenters. The molecule has 2 amide bonds. The van der Waals surface area contributed by atoms with Crippen LogP contribution in [0.15, 0.2) is 23.6 Å². The summed E-state index contributed by atoms with van der Waals surface area (Å²) in [5.74, 6) is 0.598. The number of ether oxygens (including phenoxy) is 4. The zero-order valence-corrected chi connectivity index (χ0v) is 17.0. The topological polar surface area (TPSA) is 99.2 Å². The molecule has 0 fully saturated rings. The number of esters is 1. The molecule has 2 rings (SSSR count). The van der Waals surface area contributed by atoms with Gasteiger partial charge in [0.15, 0.2) is 5.69 Å². The number of methoxy groups -OCH3 is 4. The molecule has 2 aromatic rings. The van der Waals surface area contributed by atoms with Crippen molar-refractivity contribution < 1.29 is 28.5 Å². The van der Waals surface area contributed by atoms with Gasteiger partial charge < -0.3 is 29.2 Å². The van der Waals surface area contributed by atoms with Crippen molar-refractivity contribution in [3.63, 3.8) is 0 Å². The predicted molar refractivity (Wildman–Crippen MR) is 104 cm³/mol. The Hall–Kier alpha value is -2.85. The van der Waals surface area contributed by atoms with Crippen LogP contribution in [0.4, 0.5) is 10.5 Å². The van der Waals surface area contributed by atoms with Gasteiger partial charge in [-0.3, -0.25) is 0 Å². The first kappa shape index (κ1) is 21.5. The van der Waals surface area contributed by atoms with Crippen molar-refractivity contribution in [1.82, 2.24) is 9.88 Å². The molecule has 1 heterocycles. The third kappa shape index (κ3) is 5.83. The largest absolute Gasteiger partial charge is 0.497 e. The lowest BCUT2D eigenvalue weighted by Gasteiger charge is -2.22. The minimum Gasteiger partial charge on any atom is -0.497 e. The van der Waals surface area contributed by atoms with Gasteiger partial charge >= 0.3 is 12.0 Å². The number of amides is 2. The number of thiazole rings is 1. The lowest BCUT2D eigenvalue weighted by atomic mass is 10.3. The normalized spacial score (nSPS) is 10.3. The summed E-state index contributed by atoms with van der Waals surface area (Å²) in [5, 5.41) is 5.02. The summed E-state index contributed by atoms with van der Waals surface area (Å²) in [6.45, 7) is 0.915. The Kier molecular flexibility index (Phi) is 8.02. The second-order valence-corrected chi connectivity index (χ2v) is 6.51. The fraction of sp³-hybridized carbons (Fsp3) is 0.389. The average molecular weight is 409 g/mol. The van der Waals surface area contributed by atoms with Crippen LogP contribution < -0.4 is 14.8 Å². The molecular formula is C18H23N3O6S. The van der Waals surface area contributed by atoms with Gasteiger partial charge in [0.2, 0.25) is 0 Å². The predicted octanol–water partition coefficient (Wildman–Crippen LogP) is 2.63. The highest BCUT2D eigenvalue weighted by molar-refractivity contribution is 7.09. The van der Waals surface area contributed by atoms with E-state index in [1.807, 2.05) is 0 Å². The molecule has 0 unspecified atom stereocenters. The van der Waals surface area contributed by atoms with Crippen LogP contribution in [0.25, 0.3) is 0 Å². The van der Waals surface area contributed by atoms with Gasteiger partial charge in [-0.25, -0.2) is 14.6 Å². The average Bonchev–Trinajstić information content (AvgIpc) is 3.18. The number of hydrogen-bond donors (Lipinski definition) is 1. The van der Waals surface area contributed by atoms with E-state index in [1.54, 1.807) is 30.7 Å². The number of carbonyl (C=O) groups is 2. The van der Waals surface area contributed by atoms with E-state index in [2.05, 4.69) is 15.0 Å². The Morgan fingerprint density at radius 3 is 2.36 bits per heavy atom. The second-order valence-electron chi connectivity index (χ2n) is 5.56. The summed E-state index contributed by atoms with van der Waals surface area (Å²) in [5.41, 5.74) is 0.741. The highest BCUT2D eigenvalue weighted by Crippen LogP contribution is 2.26. The summed E-state index contributed by atoms with van der Waals surface area (Å²) in [7, 11) is 5.92. The molecule has 0 saturated heterocycles. The van der Waals surface area contributed by atoms with Crippen LogP contribution in [0.2, 0.25) is 0 Å². The summed E-state index contributed by atoms with van der Waals surface area (Å²) in [4.78, 5) is 30.1. The quantitative estimate of drug-likeness (QED) is 0.636. The molecule has 1 aromatic carbocycles. The van der Waals surface area contributed by atoms with Crippen molar-refractivity contribution in [2.45, 2.75) is 6.54 Å². The van der Waals surface area contributed by atoms with Crippen molar-refractivity contribution in [2.24, 2.45) is 0 Å². The molecule has 1 N–H and O–H groups in total. The summed E-state index contributed by atoms with van der Waals surface area (Å²) in [6, 6.07) is 4.74. The molecule has 0 spiro atoms. The van der Waals surface area contributed by atoms with Gasteiger partial charge in [0.25, 0.3) is 0 Å². The van der Waals surface area contributed by atoms with Gasteiger partial charge in [0.05, 0.1) is 34.5 Å². The van der Waals surface area contributed by atoms with Gasteiger partial charge in [0, 0.05) is 42.9 Å². The van der Waals surface area contributed by atoms with Gasteiger partial charge in [-0.1, -0.05) is 0 Å². The fourth-order valence-electron chi connectivity index (χ4n) is 2.28. The van der Waals surface area contributed by atoms with Crippen LogP contribution in [0, 0.1) is 0 Å². The first-order chi connectivity index (χ1) is 13.5. The zero-order chi connectivity index (χ0) is 20.5. The number of hydrogen-bond acceptors (Lipinski definition) is 8. The number of nitrogens with one attached hydrogen (secondary N) is 1. The standard InChI is InChI=1S/C18H23N3O6S/c1-24-6-5-21(10-16-20-15(11-28-16)17(22)27-4)18(23)19-12-7-13(25-2)9-14(8-12)26-3/h7-9,11H,5-6,10H2,1-4H3,(H,19,23). The number of carbonyl (C=O) groups excluding carboxylic acids is 2. The Labute approximate surface area is 167 Å². The van der Waals surface area contributed by atoms with Crippen LogP contribution in [-0.2, 0) is 16.0 Å². The number of anilines is 1. The zero-order valence-electron chi connectivity index (χ0n) is 16.2. The van der Waals surface area contributed by atoms with Gasteiger partial charge in [-0.15, -0.1) is 11.3 Å². The maximum Gasteiger partial charge on any atom is 0.357 e. The molecule has 1 aromatic heterocycles. The molecule has 0 saturated carbocycles. The van der Waals surface area contributed by atoms with E-state index in [1.165, 1.54) is 37.6 Å². The fourth-order valence-corrected chi connectivity index (χ4v) is 3.06. The molecule has 0 aliphatic rings.